The molecule has 10 heteroatoms. The monoisotopic (exact) mass is 581 g/mol. The smallest absolute Gasteiger partial charge is 0.408 e. The third-order valence-electron chi connectivity index (χ3n) is 6.90. The van der Waals surface area contributed by atoms with Crippen LogP contribution in [0.4, 0.5) is 4.79 Å². The first-order valence-electron chi connectivity index (χ1n) is 13.8. The van der Waals surface area contributed by atoms with Gasteiger partial charge in [0.15, 0.2) is 0 Å². The molecule has 0 aliphatic heterocycles. The molecule has 0 bridgehead atoms. The van der Waals surface area contributed by atoms with Gasteiger partial charge in [-0.15, -0.1) is 0 Å². The number of hydrogen-bond donors (Lipinski definition) is 2. The first kappa shape index (κ1) is 30.7. The van der Waals surface area contributed by atoms with E-state index in [-0.39, 0.29) is 19.1 Å². The molecular formula is C33H35N5O5. The number of nitrogens with one attached hydrogen (secondary N) is 2. The minimum Gasteiger partial charge on any atom is -0.465 e. The topological polar surface area (TPSA) is 124 Å². The Balaban J connectivity index is 1.64. The largest absolute Gasteiger partial charge is 0.465 e. The van der Waals surface area contributed by atoms with E-state index in [2.05, 4.69) is 20.7 Å². The number of benzene rings is 2. The molecule has 10 nitrogen and oxygen atoms in total. The Morgan fingerprint density at radius 1 is 1.00 bits per heavy atom. The highest BCUT2D eigenvalue weighted by atomic mass is 16.5. The van der Waals surface area contributed by atoms with Crippen molar-refractivity contribution < 1.29 is 23.9 Å². The summed E-state index contributed by atoms with van der Waals surface area (Å²) in [6, 6.07) is 20.9. The van der Waals surface area contributed by atoms with Crippen LogP contribution >= 0.6 is 0 Å². The molecule has 43 heavy (non-hydrogen) atoms. The van der Waals surface area contributed by atoms with Crippen LogP contribution in [0.1, 0.15) is 51.4 Å². The number of nitrogens with zero attached hydrogens (tertiary/aromatic N) is 3. The molecule has 4 aromatic rings. The third kappa shape index (κ3) is 8.38. The number of aromatic nitrogens is 3. The number of pyridine rings is 1. The number of alkyl carbamates (subject to hydrolysis) is 1. The Morgan fingerprint density at radius 2 is 1.74 bits per heavy atom. The predicted octanol–water partition coefficient (Wildman–Crippen LogP) is 4.91. The number of esters is 1. The summed E-state index contributed by atoms with van der Waals surface area (Å²) in [7, 11) is 3.16. The van der Waals surface area contributed by atoms with Crippen molar-refractivity contribution in [3.05, 3.63) is 125 Å². The van der Waals surface area contributed by atoms with Gasteiger partial charge in [-0.3, -0.25) is 14.5 Å². The Kier molecular flexibility index (Phi) is 10.4. The second-order valence-electron chi connectivity index (χ2n) is 10.0. The molecule has 0 fully saturated rings. The molecule has 4 rings (SSSR count). The van der Waals surface area contributed by atoms with Gasteiger partial charge in [0.05, 0.1) is 36.9 Å². The zero-order valence-electron chi connectivity index (χ0n) is 24.6. The molecule has 2 heterocycles. The second-order valence-corrected chi connectivity index (χ2v) is 10.0. The molecule has 0 spiro atoms. The number of rotatable bonds is 11. The van der Waals surface area contributed by atoms with Crippen LogP contribution in [0.2, 0.25) is 0 Å². The van der Waals surface area contributed by atoms with Crippen LogP contribution in [0.3, 0.4) is 0 Å². The summed E-state index contributed by atoms with van der Waals surface area (Å²) >= 11 is 0. The Hall–Kier alpha value is -5.25. The van der Waals surface area contributed by atoms with Gasteiger partial charge in [0.2, 0.25) is 5.91 Å². The van der Waals surface area contributed by atoms with E-state index < -0.39 is 24.0 Å². The summed E-state index contributed by atoms with van der Waals surface area (Å²) in [5, 5.41) is 10.3. The Labute approximate surface area is 250 Å². The fraction of sp³-hybridized carbons (Fsp3) is 0.242. The molecule has 2 aromatic carbocycles. The lowest BCUT2D eigenvalue weighted by Gasteiger charge is -2.24. The van der Waals surface area contributed by atoms with Gasteiger partial charge in [-0.1, -0.05) is 61.5 Å². The lowest BCUT2D eigenvalue weighted by atomic mass is 9.90. The summed E-state index contributed by atoms with van der Waals surface area (Å²) in [6.07, 6.45) is 4.46. The minimum atomic E-state index is -0.743. The molecule has 222 valence electrons. The zero-order valence-corrected chi connectivity index (χ0v) is 24.6. The summed E-state index contributed by atoms with van der Waals surface area (Å²) in [6.45, 7) is 4.09. The second kappa shape index (κ2) is 14.6. The van der Waals surface area contributed by atoms with Crippen molar-refractivity contribution in [3.63, 3.8) is 0 Å². The highest BCUT2D eigenvalue weighted by Gasteiger charge is 2.24. The number of carbonyl (C=O) groups excluding carboxylic acids is 3. The van der Waals surface area contributed by atoms with Gasteiger partial charge in [0, 0.05) is 25.1 Å². The van der Waals surface area contributed by atoms with E-state index in [0.717, 1.165) is 17.0 Å². The van der Waals surface area contributed by atoms with Crippen LogP contribution in [0.15, 0.2) is 91.3 Å². The van der Waals surface area contributed by atoms with E-state index in [0.29, 0.717) is 22.3 Å². The summed E-state index contributed by atoms with van der Waals surface area (Å²) in [4.78, 5) is 42.7. The van der Waals surface area contributed by atoms with Crippen molar-refractivity contribution in [2.24, 2.45) is 13.0 Å². The van der Waals surface area contributed by atoms with E-state index in [1.54, 1.807) is 60.4 Å². The quantitative estimate of drug-likeness (QED) is 0.241. The van der Waals surface area contributed by atoms with Gasteiger partial charge in [-0.05, 0) is 53.5 Å². The molecule has 2 N–H and O–H groups in total. The first-order valence-corrected chi connectivity index (χ1v) is 13.8. The first-order chi connectivity index (χ1) is 20.7. The van der Waals surface area contributed by atoms with Crippen LogP contribution in [0.25, 0.3) is 5.57 Å². The van der Waals surface area contributed by atoms with E-state index in [9.17, 15) is 14.4 Å². The minimum absolute atomic E-state index is 0.0818. The fourth-order valence-corrected chi connectivity index (χ4v) is 4.45. The van der Waals surface area contributed by atoms with Gasteiger partial charge in [-0.25, -0.2) is 9.59 Å². The maximum atomic E-state index is 13.2. The van der Waals surface area contributed by atoms with Crippen molar-refractivity contribution in [2.75, 3.05) is 7.11 Å². The van der Waals surface area contributed by atoms with E-state index in [4.69, 9.17) is 9.47 Å². The van der Waals surface area contributed by atoms with Gasteiger partial charge in [0.25, 0.3) is 0 Å². The highest BCUT2D eigenvalue weighted by molar-refractivity contribution is 5.89. The van der Waals surface area contributed by atoms with Crippen LogP contribution in [-0.2, 0) is 34.5 Å². The van der Waals surface area contributed by atoms with E-state index in [1.165, 1.54) is 7.11 Å². The van der Waals surface area contributed by atoms with E-state index in [1.807, 2.05) is 56.4 Å². The number of amides is 2. The van der Waals surface area contributed by atoms with Gasteiger partial charge >= 0.3 is 12.1 Å². The van der Waals surface area contributed by atoms with Crippen molar-refractivity contribution in [2.45, 2.75) is 33.0 Å². The molecule has 0 saturated carbocycles. The Bertz CT molecular complexity index is 1550. The lowest BCUT2D eigenvalue weighted by molar-refractivity contribution is -0.123. The molecule has 2 aromatic heterocycles. The molecule has 0 aliphatic carbocycles. The standard InChI is InChI=1S/C33H35N5O5/c1-22(31(39)35-20-28-18-23(2)38(3)37-28)17-29(27-11-8-16-34-19-27)30(25-12-14-26(15-13-25)32(40)42-4)36-33(41)43-21-24-9-6-5-7-10-24/h5-19,22,30H,20-21H2,1-4H3,(H,35,39)(H,36,41)/b29-17+/t22-,30?/m1/s1. The van der Waals surface area contributed by atoms with Gasteiger partial charge in [-0.2, -0.15) is 5.10 Å². The average molecular weight is 582 g/mol. The molecule has 1 unspecified atom stereocenters. The zero-order chi connectivity index (χ0) is 30.8. The average Bonchev–Trinajstić information content (AvgIpc) is 3.37. The maximum absolute atomic E-state index is 13.2. The SMILES string of the molecule is COC(=O)c1ccc(C(NC(=O)OCc2ccccc2)/C(=C/[C@@H](C)C(=O)NCc2cc(C)n(C)n2)c2cccnc2)cc1. The third-order valence-corrected chi connectivity index (χ3v) is 6.90. The van der Waals surface area contributed by atoms with Gasteiger partial charge < -0.3 is 20.1 Å². The number of carbonyl (C=O) groups is 3. The van der Waals surface area contributed by atoms with Crippen LogP contribution in [0.5, 0.6) is 0 Å². The molecule has 2 atom stereocenters. The predicted molar refractivity (Wildman–Crippen MR) is 161 cm³/mol. The molecular weight excluding hydrogens is 546 g/mol. The summed E-state index contributed by atoms with van der Waals surface area (Å²) in [5.74, 6) is -1.27. The molecule has 2 amide bonds. The fourth-order valence-electron chi connectivity index (χ4n) is 4.45. The van der Waals surface area contributed by atoms with Crippen LogP contribution in [0, 0.1) is 12.8 Å². The number of aryl methyl sites for hydroxylation is 2. The molecule has 0 radical (unpaired) electrons. The van der Waals surface area contributed by atoms with Crippen molar-refractivity contribution >= 4 is 23.5 Å². The van der Waals surface area contributed by atoms with Crippen molar-refractivity contribution in [1.29, 1.82) is 0 Å². The normalized spacial score (nSPS) is 12.6. The maximum Gasteiger partial charge on any atom is 0.408 e. The number of hydrogen-bond acceptors (Lipinski definition) is 7. The lowest BCUT2D eigenvalue weighted by Crippen LogP contribution is -2.31. The van der Waals surface area contributed by atoms with E-state index >= 15 is 0 Å². The van der Waals surface area contributed by atoms with Gasteiger partial charge in [0.1, 0.15) is 6.61 Å². The van der Waals surface area contributed by atoms with Crippen LogP contribution in [-0.4, -0.2) is 39.8 Å². The number of ether oxygens (including phenoxy) is 2. The van der Waals surface area contributed by atoms with Crippen molar-refractivity contribution in [3.8, 4) is 0 Å². The molecule has 0 aliphatic rings. The Morgan fingerprint density at radius 3 is 2.37 bits per heavy atom. The van der Waals surface area contributed by atoms with Crippen LogP contribution < -0.4 is 10.6 Å². The highest BCUT2D eigenvalue weighted by Crippen LogP contribution is 2.32. The summed E-state index contributed by atoms with van der Waals surface area (Å²) in [5.41, 5.74) is 4.94. The number of methoxy groups -OCH3 is 1. The molecule has 0 saturated heterocycles. The van der Waals surface area contributed by atoms with Crippen molar-refractivity contribution in [1.82, 2.24) is 25.4 Å². The summed E-state index contributed by atoms with van der Waals surface area (Å²) < 4.78 is 12.1.